The first-order valence-electron chi connectivity index (χ1n) is 11.9. The lowest BCUT2D eigenvalue weighted by molar-refractivity contribution is -0.141. The molecule has 0 aliphatic carbocycles. The van der Waals surface area contributed by atoms with Gasteiger partial charge < -0.3 is 15.2 Å². The van der Waals surface area contributed by atoms with Crippen molar-refractivity contribution in [3.05, 3.63) is 69.5 Å². The SMILES string of the molecule is CCC(C)C(N)C(=O)Oc1nnc2n1-c1ccc(Cl)cc1C(c1ccccc1Cl)=N[C@H]2CCC(=O)OC. The number of aromatic nitrogens is 3. The summed E-state index contributed by atoms with van der Waals surface area (Å²) >= 11 is 13.0. The van der Waals surface area contributed by atoms with Crippen LogP contribution in [0.1, 0.15) is 56.1 Å². The van der Waals surface area contributed by atoms with Gasteiger partial charge in [-0.3, -0.25) is 9.79 Å². The summed E-state index contributed by atoms with van der Waals surface area (Å²) in [5.74, 6) is -0.721. The molecule has 3 aromatic rings. The molecule has 0 saturated heterocycles. The number of ether oxygens (including phenoxy) is 2. The number of benzene rings is 2. The third-order valence-electron chi connectivity index (χ3n) is 6.40. The highest BCUT2D eigenvalue weighted by Gasteiger charge is 2.32. The lowest BCUT2D eigenvalue weighted by Gasteiger charge is -2.17. The van der Waals surface area contributed by atoms with E-state index in [-0.39, 0.29) is 24.8 Å². The summed E-state index contributed by atoms with van der Waals surface area (Å²) < 4.78 is 12.1. The molecular weight excluding hydrogens is 517 g/mol. The minimum atomic E-state index is -0.835. The lowest BCUT2D eigenvalue weighted by Crippen LogP contribution is -2.40. The van der Waals surface area contributed by atoms with Crippen LogP contribution in [0, 0.1) is 5.92 Å². The minimum Gasteiger partial charge on any atom is -0.469 e. The molecule has 0 amide bonds. The second-order valence-corrected chi connectivity index (χ2v) is 9.60. The normalized spacial score (nSPS) is 16.1. The number of esters is 2. The van der Waals surface area contributed by atoms with Gasteiger partial charge in [0.1, 0.15) is 12.1 Å². The van der Waals surface area contributed by atoms with E-state index in [0.717, 1.165) is 0 Å². The van der Waals surface area contributed by atoms with Gasteiger partial charge in [-0.15, -0.1) is 5.10 Å². The largest absolute Gasteiger partial charge is 0.469 e. The fourth-order valence-corrected chi connectivity index (χ4v) is 4.43. The van der Waals surface area contributed by atoms with Crippen LogP contribution in [0.15, 0.2) is 47.5 Å². The molecule has 4 rings (SSSR count). The van der Waals surface area contributed by atoms with Crippen LogP contribution in [0.25, 0.3) is 5.69 Å². The van der Waals surface area contributed by atoms with E-state index in [1.165, 1.54) is 7.11 Å². The molecule has 2 unspecified atom stereocenters. The number of fused-ring (bicyclic) bond motifs is 3. The van der Waals surface area contributed by atoms with E-state index < -0.39 is 24.0 Å². The molecule has 2 aromatic carbocycles. The first kappa shape index (κ1) is 26.8. The van der Waals surface area contributed by atoms with Crippen LogP contribution in [0.2, 0.25) is 10.0 Å². The molecule has 2 heterocycles. The van der Waals surface area contributed by atoms with Gasteiger partial charge in [0.05, 0.1) is 18.5 Å². The molecule has 0 saturated carbocycles. The van der Waals surface area contributed by atoms with Crippen molar-refractivity contribution in [2.75, 3.05) is 7.11 Å². The number of aliphatic imine (C=N–C) groups is 1. The van der Waals surface area contributed by atoms with E-state index in [4.69, 9.17) is 43.4 Å². The maximum Gasteiger partial charge on any atom is 0.331 e. The van der Waals surface area contributed by atoms with Crippen LogP contribution in [0.3, 0.4) is 0 Å². The van der Waals surface area contributed by atoms with Crippen molar-refractivity contribution in [2.45, 2.75) is 45.2 Å². The zero-order valence-corrected chi connectivity index (χ0v) is 22.2. The Labute approximate surface area is 224 Å². The zero-order chi connectivity index (χ0) is 26.7. The molecule has 37 heavy (non-hydrogen) atoms. The number of halogens is 2. The molecule has 194 valence electrons. The minimum absolute atomic E-state index is 0.0546. The third-order valence-corrected chi connectivity index (χ3v) is 6.96. The fraction of sp³-hybridized carbons (Fsp3) is 0.346. The molecule has 1 aliphatic rings. The van der Waals surface area contributed by atoms with Crippen molar-refractivity contribution in [3.8, 4) is 11.7 Å². The second kappa shape index (κ2) is 11.4. The van der Waals surface area contributed by atoms with E-state index in [9.17, 15) is 9.59 Å². The van der Waals surface area contributed by atoms with Gasteiger partial charge in [0.15, 0.2) is 5.82 Å². The first-order valence-corrected chi connectivity index (χ1v) is 12.6. The highest BCUT2D eigenvalue weighted by molar-refractivity contribution is 6.36. The topological polar surface area (TPSA) is 122 Å². The van der Waals surface area contributed by atoms with Crippen molar-refractivity contribution in [2.24, 2.45) is 16.6 Å². The highest BCUT2D eigenvalue weighted by Crippen LogP contribution is 2.37. The van der Waals surface area contributed by atoms with Gasteiger partial charge in [-0.05, 0) is 36.6 Å². The van der Waals surface area contributed by atoms with Crippen molar-refractivity contribution in [1.29, 1.82) is 0 Å². The van der Waals surface area contributed by atoms with E-state index in [2.05, 4.69) is 10.2 Å². The number of hydrogen-bond donors (Lipinski definition) is 1. The molecule has 2 N–H and O–H groups in total. The maximum atomic E-state index is 12.9. The van der Waals surface area contributed by atoms with E-state index in [0.29, 0.717) is 44.8 Å². The average Bonchev–Trinajstić information content (AvgIpc) is 3.25. The molecule has 9 nitrogen and oxygen atoms in total. The van der Waals surface area contributed by atoms with Crippen LogP contribution in [-0.4, -0.2) is 45.6 Å². The smallest absolute Gasteiger partial charge is 0.331 e. The van der Waals surface area contributed by atoms with Crippen LogP contribution in [-0.2, 0) is 14.3 Å². The van der Waals surface area contributed by atoms with Crippen molar-refractivity contribution >= 4 is 40.9 Å². The summed E-state index contributed by atoms with van der Waals surface area (Å²) in [6.45, 7) is 3.82. The molecule has 0 bridgehead atoms. The van der Waals surface area contributed by atoms with E-state index in [1.807, 2.05) is 32.0 Å². The van der Waals surface area contributed by atoms with Gasteiger partial charge >= 0.3 is 17.9 Å². The Kier molecular flexibility index (Phi) is 8.26. The van der Waals surface area contributed by atoms with Crippen LogP contribution in [0.5, 0.6) is 6.01 Å². The summed E-state index contributed by atoms with van der Waals surface area (Å²) in [7, 11) is 1.33. The predicted octanol–water partition coefficient (Wildman–Crippen LogP) is 4.70. The second-order valence-electron chi connectivity index (χ2n) is 8.76. The van der Waals surface area contributed by atoms with Gasteiger partial charge in [-0.25, -0.2) is 9.36 Å². The van der Waals surface area contributed by atoms with Crippen molar-refractivity contribution < 1.29 is 19.1 Å². The zero-order valence-electron chi connectivity index (χ0n) is 20.6. The third kappa shape index (κ3) is 5.53. The highest BCUT2D eigenvalue weighted by atomic mass is 35.5. The Hall–Kier alpha value is -3.27. The Morgan fingerprint density at radius 2 is 1.89 bits per heavy atom. The summed E-state index contributed by atoms with van der Waals surface area (Å²) in [6, 6.07) is 11.0. The number of carbonyl (C=O) groups excluding carboxylic acids is 2. The van der Waals surface area contributed by atoms with Gasteiger partial charge in [0.25, 0.3) is 0 Å². The standard InChI is InChI=1S/C26H27Cl2N5O4/c1-4-14(2)22(29)25(35)37-26-32-31-24-19(10-12-21(34)36-3)30-23(16-7-5-6-8-18(16)28)17-13-15(27)9-11-20(17)33(24)26/h5-9,11,13-14,19,22H,4,10,12,29H2,1-3H3/t14?,19-,22?/m0/s1. The molecule has 0 spiro atoms. The molecule has 1 aromatic heterocycles. The first-order chi connectivity index (χ1) is 17.7. The Bertz CT molecular complexity index is 1360. The van der Waals surface area contributed by atoms with E-state index >= 15 is 0 Å². The maximum absolute atomic E-state index is 12.9. The molecule has 0 radical (unpaired) electrons. The van der Waals surface area contributed by atoms with Gasteiger partial charge in [-0.1, -0.05) is 66.8 Å². The molecule has 11 heteroatoms. The fourth-order valence-electron chi connectivity index (χ4n) is 4.03. The van der Waals surface area contributed by atoms with Crippen LogP contribution >= 0.6 is 23.2 Å². The summed E-state index contributed by atoms with van der Waals surface area (Å²) in [4.78, 5) is 29.8. The van der Waals surface area contributed by atoms with Crippen LogP contribution < -0.4 is 10.5 Å². The number of nitrogens with two attached hydrogens (primary N) is 1. The number of nitrogens with zero attached hydrogens (tertiary/aromatic N) is 4. The van der Waals surface area contributed by atoms with Crippen molar-refractivity contribution in [1.82, 2.24) is 14.8 Å². The Balaban J connectivity index is 1.89. The summed E-state index contributed by atoms with van der Waals surface area (Å²) in [5, 5.41) is 9.43. The molecule has 3 atom stereocenters. The monoisotopic (exact) mass is 543 g/mol. The van der Waals surface area contributed by atoms with Crippen LogP contribution in [0.4, 0.5) is 0 Å². The van der Waals surface area contributed by atoms with Crippen molar-refractivity contribution in [3.63, 3.8) is 0 Å². The van der Waals surface area contributed by atoms with E-state index in [1.54, 1.807) is 28.8 Å². The Morgan fingerprint density at radius 1 is 1.14 bits per heavy atom. The average molecular weight is 544 g/mol. The quantitative estimate of drug-likeness (QED) is 0.408. The van der Waals surface area contributed by atoms with Gasteiger partial charge in [0, 0.05) is 27.6 Å². The van der Waals surface area contributed by atoms with Gasteiger partial charge in [-0.2, -0.15) is 0 Å². The number of hydrogen-bond acceptors (Lipinski definition) is 8. The lowest BCUT2D eigenvalue weighted by atomic mass is 10.00. The summed E-state index contributed by atoms with van der Waals surface area (Å²) in [5.41, 5.74) is 8.55. The number of methoxy groups -OCH3 is 1. The summed E-state index contributed by atoms with van der Waals surface area (Å²) in [6.07, 6.45) is 1.05. The predicted molar refractivity (Wildman–Crippen MR) is 141 cm³/mol. The number of rotatable bonds is 8. The molecule has 1 aliphatic heterocycles. The Morgan fingerprint density at radius 3 is 2.59 bits per heavy atom. The number of carbonyl (C=O) groups is 2. The molecule has 0 fully saturated rings. The van der Waals surface area contributed by atoms with Gasteiger partial charge in [0.2, 0.25) is 0 Å². The molecular formula is C26H27Cl2N5O4.